The van der Waals surface area contributed by atoms with Gasteiger partial charge in [-0.1, -0.05) is 18.2 Å². The van der Waals surface area contributed by atoms with Crippen LogP contribution in [0.3, 0.4) is 0 Å². The summed E-state index contributed by atoms with van der Waals surface area (Å²) in [5.41, 5.74) is 3.01. The maximum atomic E-state index is 13.1. The second-order valence-electron chi connectivity index (χ2n) is 6.40. The average Bonchev–Trinajstić information content (AvgIpc) is 2.76. The van der Waals surface area contributed by atoms with Crippen LogP contribution in [0.4, 0.5) is 0 Å². The van der Waals surface area contributed by atoms with Gasteiger partial charge in [0.05, 0.1) is 0 Å². The number of aliphatic hydroxyl groups is 1. The molecule has 1 heterocycles. The van der Waals surface area contributed by atoms with Crippen molar-refractivity contribution in [1.29, 1.82) is 0 Å². The van der Waals surface area contributed by atoms with E-state index < -0.39 is 10.0 Å². The molecule has 2 aromatic carbocycles. The summed E-state index contributed by atoms with van der Waals surface area (Å²) in [6.07, 6.45) is 0. The van der Waals surface area contributed by atoms with Crippen molar-refractivity contribution in [3.8, 4) is 11.5 Å². The summed E-state index contributed by atoms with van der Waals surface area (Å²) in [5, 5.41) is 10.2. The molecule has 0 aromatic heterocycles. The molecule has 0 spiro atoms. The Morgan fingerprint density at radius 1 is 1.00 bits per heavy atom. The first-order chi connectivity index (χ1) is 13.9. The third kappa shape index (κ3) is 6.11. The lowest BCUT2D eigenvalue weighted by Gasteiger charge is -2.27. The van der Waals surface area contributed by atoms with Crippen molar-refractivity contribution in [3.05, 3.63) is 53.1 Å². The van der Waals surface area contributed by atoms with Gasteiger partial charge >= 0.3 is 0 Å². The summed E-state index contributed by atoms with van der Waals surface area (Å²) < 4.78 is 33.8. The molecule has 1 aliphatic heterocycles. The zero-order valence-electron chi connectivity index (χ0n) is 17.4. The number of nitrogens with zero attached hydrogens (tertiary/aromatic N) is 1. The summed E-state index contributed by atoms with van der Waals surface area (Å²) >= 11 is 0. The smallest absolute Gasteiger partial charge is 0.246 e. The monoisotopic (exact) mass is 422 g/mol. The molecule has 0 radical (unpaired) electrons. The van der Waals surface area contributed by atoms with Crippen LogP contribution in [-0.2, 0) is 14.8 Å². The van der Waals surface area contributed by atoms with Gasteiger partial charge in [0.1, 0.15) is 23.2 Å². The van der Waals surface area contributed by atoms with Gasteiger partial charge in [-0.05, 0) is 55.7 Å². The van der Waals surface area contributed by atoms with E-state index in [0.717, 1.165) is 23.8 Å². The summed E-state index contributed by atoms with van der Waals surface area (Å²) in [5.74, 6) is 1.05. The first kappa shape index (κ1) is 24.8. The van der Waals surface area contributed by atoms with E-state index in [1.807, 2.05) is 51.8 Å². The number of aliphatic hydroxyl groups excluding tert-OH is 1. The lowest BCUT2D eigenvalue weighted by molar-refractivity contribution is -0.0980. The minimum absolute atomic E-state index is 0.232. The quantitative estimate of drug-likeness (QED) is 0.786. The van der Waals surface area contributed by atoms with Crippen molar-refractivity contribution in [2.75, 3.05) is 33.3 Å². The molecule has 160 valence electrons. The highest BCUT2D eigenvalue weighted by atomic mass is 32.2. The average molecular weight is 423 g/mol. The zero-order valence-corrected chi connectivity index (χ0v) is 18.3. The zero-order chi connectivity index (χ0) is 22.0. The van der Waals surface area contributed by atoms with Crippen LogP contribution in [0.25, 0.3) is 0 Å². The highest BCUT2D eigenvalue weighted by molar-refractivity contribution is 7.89. The number of carbonyl (C=O) groups is 1. The molecule has 2 aromatic rings. The van der Waals surface area contributed by atoms with Gasteiger partial charge in [-0.2, -0.15) is 4.31 Å². The number of hydrogen-bond donors (Lipinski definition) is 2. The molecule has 1 saturated heterocycles. The number of nitrogens with one attached hydrogen (secondary N) is 1. The van der Waals surface area contributed by atoms with Crippen LogP contribution in [-0.4, -0.2) is 57.9 Å². The van der Waals surface area contributed by atoms with Crippen LogP contribution in [0.1, 0.15) is 16.7 Å². The Bertz CT molecular complexity index is 894. The molecule has 0 aliphatic carbocycles. The van der Waals surface area contributed by atoms with Gasteiger partial charge in [0.2, 0.25) is 10.0 Å². The predicted molar refractivity (Wildman–Crippen MR) is 114 cm³/mol. The van der Waals surface area contributed by atoms with E-state index in [1.165, 1.54) is 4.31 Å². The van der Waals surface area contributed by atoms with Gasteiger partial charge in [0, 0.05) is 33.3 Å². The second-order valence-corrected chi connectivity index (χ2v) is 8.31. The number of hydrogen-bond acceptors (Lipinski definition) is 6. The fraction of sp³-hybridized carbons (Fsp3) is 0.381. The number of benzene rings is 2. The molecule has 0 atom stereocenters. The predicted octanol–water partition coefficient (Wildman–Crippen LogP) is 2.42. The maximum absolute atomic E-state index is 13.1. The van der Waals surface area contributed by atoms with Crippen LogP contribution in [0, 0.1) is 20.8 Å². The van der Waals surface area contributed by atoms with Gasteiger partial charge in [-0.15, -0.1) is 0 Å². The lowest BCUT2D eigenvalue weighted by Crippen LogP contribution is -2.46. The van der Waals surface area contributed by atoms with E-state index in [2.05, 4.69) is 5.32 Å². The van der Waals surface area contributed by atoms with Crippen LogP contribution in [0.5, 0.6) is 11.5 Å². The van der Waals surface area contributed by atoms with E-state index in [4.69, 9.17) is 14.6 Å². The van der Waals surface area contributed by atoms with E-state index in [-0.39, 0.29) is 4.90 Å². The van der Waals surface area contributed by atoms with Crippen molar-refractivity contribution < 1.29 is 23.1 Å². The summed E-state index contributed by atoms with van der Waals surface area (Å²) in [6.45, 7) is 10.1. The SMILES string of the molecule is C=O.CO.Cc1ccc(Oc2cccc(C)c2C)c(S(=O)(=O)N2CCNCC2)c1. The molecular weight excluding hydrogens is 392 g/mol. The molecule has 7 nitrogen and oxygen atoms in total. The second kappa shape index (κ2) is 11.7. The molecule has 2 N–H and O–H groups in total. The number of aryl methyl sites for hydroxylation is 2. The molecular formula is C21H30N2O5S. The van der Waals surface area contributed by atoms with Crippen LogP contribution >= 0.6 is 0 Å². The number of carbonyl (C=O) groups excluding carboxylic acids is 1. The van der Waals surface area contributed by atoms with Crippen molar-refractivity contribution in [3.63, 3.8) is 0 Å². The first-order valence-electron chi connectivity index (χ1n) is 9.19. The molecule has 0 bridgehead atoms. The Labute approximate surface area is 173 Å². The topological polar surface area (TPSA) is 95.9 Å². The molecule has 8 heteroatoms. The van der Waals surface area contributed by atoms with E-state index in [1.54, 1.807) is 12.1 Å². The Balaban J connectivity index is 0.000000989. The standard InChI is InChI=1S/C19H24N2O3S.CH4O.CH2O/c1-14-7-8-18(24-17-6-4-5-15(2)16(17)3)19(13-14)25(22,23)21-11-9-20-10-12-21;2*1-2/h4-8,13,20H,9-12H2,1-3H3;2H,1H3;1H2. The molecule has 29 heavy (non-hydrogen) atoms. The first-order valence-corrected chi connectivity index (χ1v) is 10.6. The number of sulfonamides is 1. The third-order valence-electron chi connectivity index (χ3n) is 4.57. The molecule has 1 aliphatic rings. The van der Waals surface area contributed by atoms with E-state index in [9.17, 15) is 8.42 Å². The van der Waals surface area contributed by atoms with Gasteiger partial charge in [0.15, 0.2) is 0 Å². The summed E-state index contributed by atoms with van der Waals surface area (Å²) in [7, 11) is -2.59. The summed E-state index contributed by atoms with van der Waals surface area (Å²) in [4.78, 5) is 8.23. The number of rotatable bonds is 4. The molecule has 0 saturated carbocycles. The van der Waals surface area contributed by atoms with Crippen molar-refractivity contribution >= 4 is 16.8 Å². The van der Waals surface area contributed by atoms with Crippen molar-refractivity contribution in [2.45, 2.75) is 25.7 Å². The number of ether oxygens (including phenoxy) is 1. The molecule has 0 unspecified atom stereocenters. The van der Waals surface area contributed by atoms with Gasteiger partial charge in [-0.3, -0.25) is 0 Å². The van der Waals surface area contributed by atoms with Crippen LogP contribution in [0.2, 0.25) is 0 Å². The Morgan fingerprint density at radius 2 is 1.62 bits per heavy atom. The highest BCUT2D eigenvalue weighted by Gasteiger charge is 2.29. The van der Waals surface area contributed by atoms with Crippen LogP contribution in [0.15, 0.2) is 41.3 Å². The highest BCUT2D eigenvalue weighted by Crippen LogP contribution is 2.33. The van der Waals surface area contributed by atoms with Crippen LogP contribution < -0.4 is 10.1 Å². The molecule has 1 fully saturated rings. The minimum Gasteiger partial charge on any atom is -0.456 e. The lowest BCUT2D eigenvalue weighted by atomic mass is 10.1. The Morgan fingerprint density at radius 3 is 2.24 bits per heavy atom. The Hall–Kier alpha value is -2.26. The number of piperazine rings is 1. The Kier molecular flexibility index (Phi) is 9.97. The van der Waals surface area contributed by atoms with Gasteiger partial charge < -0.3 is 20.0 Å². The van der Waals surface area contributed by atoms with E-state index >= 15 is 0 Å². The van der Waals surface area contributed by atoms with Crippen molar-refractivity contribution in [1.82, 2.24) is 9.62 Å². The van der Waals surface area contributed by atoms with E-state index in [0.29, 0.717) is 37.7 Å². The maximum Gasteiger partial charge on any atom is 0.246 e. The largest absolute Gasteiger partial charge is 0.456 e. The third-order valence-corrected chi connectivity index (χ3v) is 6.49. The van der Waals surface area contributed by atoms with Gasteiger partial charge in [0.25, 0.3) is 0 Å². The summed E-state index contributed by atoms with van der Waals surface area (Å²) in [6, 6.07) is 11.1. The molecule has 0 amide bonds. The fourth-order valence-electron chi connectivity index (χ4n) is 2.88. The molecule has 3 rings (SSSR count). The van der Waals surface area contributed by atoms with Crippen molar-refractivity contribution in [2.24, 2.45) is 0 Å². The minimum atomic E-state index is -3.59. The van der Waals surface area contributed by atoms with Gasteiger partial charge in [-0.25, -0.2) is 8.42 Å². The fourth-order valence-corrected chi connectivity index (χ4v) is 4.52. The normalized spacial score (nSPS) is 14.1.